The second kappa shape index (κ2) is 5.19. The molecule has 2 amide bonds. The van der Waals surface area contributed by atoms with Gasteiger partial charge in [0.25, 0.3) is 0 Å². The number of anilines is 1. The first-order valence-electron chi connectivity index (χ1n) is 6.28. The number of likely N-dealkylation sites (tertiary alicyclic amines) is 1. The van der Waals surface area contributed by atoms with Crippen LogP contribution < -0.4 is 5.32 Å². The zero-order valence-electron chi connectivity index (χ0n) is 10.9. The molecule has 0 spiro atoms. The molecular formula is C14H19ClN2O. The molecular weight excluding hydrogens is 248 g/mol. The number of benzene rings is 1. The third-order valence-corrected chi connectivity index (χ3v) is 3.54. The molecule has 1 saturated heterocycles. The third-order valence-electron chi connectivity index (χ3n) is 3.28. The van der Waals surface area contributed by atoms with Gasteiger partial charge in [0.15, 0.2) is 0 Å². The molecule has 1 fully saturated rings. The first kappa shape index (κ1) is 13.2. The van der Waals surface area contributed by atoms with E-state index in [9.17, 15) is 4.79 Å². The predicted octanol–water partition coefficient (Wildman–Crippen LogP) is 3.99. The van der Waals surface area contributed by atoms with Gasteiger partial charge < -0.3 is 10.2 Å². The van der Waals surface area contributed by atoms with Crippen molar-refractivity contribution in [3.05, 3.63) is 29.3 Å². The lowest BCUT2D eigenvalue weighted by atomic mass is 9.84. The van der Waals surface area contributed by atoms with E-state index in [1.54, 1.807) is 12.1 Å². The number of nitrogens with one attached hydrogen (secondary N) is 1. The van der Waals surface area contributed by atoms with Crippen molar-refractivity contribution < 1.29 is 4.79 Å². The number of urea groups is 1. The molecule has 1 N–H and O–H groups in total. The first-order chi connectivity index (χ1) is 8.46. The van der Waals surface area contributed by atoms with Crippen LogP contribution in [0.1, 0.15) is 26.7 Å². The van der Waals surface area contributed by atoms with Crippen molar-refractivity contribution in [3.8, 4) is 0 Å². The van der Waals surface area contributed by atoms with Gasteiger partial charge >= 0.3 is 6.03 Å². The topological polar surface area (TPSA) is 32.3 Å². The summed E-state index contributed by atoms with van der Waals surface area (Å²) in [6.07, 6.45) is 2.25. The Morgan fingerprint density at radius 2 is 2.00 bits per heavy atom. The lowest BCUT2D eigenvalue weighted by Gasteiger charge is -2.37. The normalized spacial score (nSPS) is 18.5. The van der Waals surface area contributed by atoms with E-state index in [4.69, 9.17) is 11.6 Å². The third kappa shape index (κ3) is 3.39. The summed E-state index contributed by atoms with van der Waals surface area (Å²) >= 11 is 5.81. The molecule has 3 nitrogen and oxygen atoms in total. The van der Waals surface area contributed by atoms with Gasteiger partial charge in [-0.15, -0.1) is 0 Å². The molecule has 4 heteroatoms. The van der Waals surface area contributed by atoms with Gasteiger partial charge in [-0.05, 0) is 42.5 Å². The summed E-state index contributed by atoms with van der Waals surface area (Å²) in [7, 11) is 0. The predicted molar refractivity (Wildman–Crippen MR) is 75.1 cm³/mol. The molecule has 0 aliphatic carbocycles. The van der Waals surface area contributed by atoms with Crippen LogP contribution in [0.25, 0.3) is 0 Å². The van der Waals surface area contributed by atoms with E-state index in [1.807, 2.05) is 17.0 Å². The minimum absolute atomic E-state index is 0.0231. The summed E-state index contributed by atoms with van der Waals surface area (Å²) in [4.78, 5) is 14.0. The highest BCUT2D eigenvalue weighted by Gasteiger charge is 2.28. The van der Waals surface area contributed by atoms with Crippen LogP contribution in [0.2, 0.25) is 5.02 Å². The maximum atomic E-state index is 12.1. The molecule has 0 bridgehead atoms. The van der Waals surface area contributed by atoms with Gasteiger partial charge in [0.05, 0.1) is 0 Å². The van der Waals surface area contributed by atoms with E-state index >= 15 is 0 Å². The van der Waals surface area contributed by atoms with E-state index in [2.05, 4.69) is 19.2 Å². The Balaban J connectivity index is 1.97. The van der Waals surface area contributed by atoms with Crippen LogP contribution in [0.4, 0.5) is 10.5 Å². The van der Waals surface area contributed by atoms with Gasteiger partial charge in [-0.2, -0.15) is 0 Å². The van der Waals surface area contributed by atoms with Gasteiger partial charge in [-0.25, -0.2) is 4.79 Å². The molecule has 0 unspecified atom stereocenters. The van der Waals surface area contributed by atoms with Crippen LogP contribution in [0.15, 0.2) is 24.3 Å². The summed E-state index contributed by atoms with van der Waals surface area (Å²) in [5.74, 6) is 0. The number of carbonyl (C=O) groups is 1. The molecule has 1 aliphatic rings. The lowest BCUT2D eigenvalue weighted by molar-refractivity contribution is 0.138. The number of halogens is 1. The Kier molecular flexibility index (Phi) is 3.81. The first-order valence-corrected chi connectivity index (χ1v) is 6.66. The molecule has 18 heavy (non-hydrogen) atoms. The molecule has 1 aromatic rings. The number of amides is 2. The summed E-state index contributed by atoms with van der Waals surface area (Å²) in [5.41, 5.74) is 1.00. The molecule has 0 saturated carbocycles. The van der Waals surface area contributed by atoms with E-state index in [0.29, 0.717) is 5.02 Å². The molecule has 1 heterocycles. The highest BCUT2D eigenvalue weighted by molar-refractivity contribution is 6.30. The molecule has 1 aliphatic heterocycles. The minimum Gasteiger partial charge on any atom is -0.324 e. The Labute approximate surface area is 113 Å². The van der Waals surface area contributed by atoms with Crippen LogP contribution >= 0.6 is 11.6 Å². The second-order valence-electron chi connectivity index (χ2n) is 5.63. The van der Waals surface area contributed by atoms with Gasteiger partial charge in [-0.1, -0.05) is 25.4 Å². The van der Waals surface area contributed by atoms with E-state index in [1.165, 1.54) is 6.42 Å². The van der Waals surface area contributed by atoms with Gasteiger partial charge in [-0.3, -0.25) is 0 Å². The van der Waals surface area contributed by atoms with Crippen LogP contribution in [0.3, 0.4) is 0 Å². The van der Waals surface area contributed by atoms with Crippen LogP contribution in [0.5, 0.6) is 0 Å². The quantitative estimate of drug-likeness (QED) is 0.819. The lowest BCUT2D eigenvalue weighted by Crippen LogP contribution is -2.45. The SMILES string of the molecule is CC1(C)CCCN(C(=O)Nc2ccc(Cl)cc2)C1. The summed E-state index contributed by atoms with van der Waals surface area (Å²) in [6, 6.07) is 7.16. The Morgan fingerprint density at radius 3 is 2.61 bits per heavy atom. The molecule has 98 valence electrons. The number of hydrogen-bond acceptors (Lipinski definition) is 1. The summed E-state index contributed by atoms with van der Waals surface area (Å²) < 4.78 is 0. The number of piperidine rings is 1. The molecule has 2 rings (SSSR count). The van der Waals surface area contributed by atoms with Gasteiger partial charge in [0.2, 0.25) is 0 Å². The average molecular weight is 267 g/mol. The summed E-state index contributed by atoms with van der Waals surface area (Å²) in [5, 5.41) is 3.58. The van der Waals surface area contributed by atoms with Gasteiger partial charge in [0, 0.05) is 23.8 Å². The Morgan fingerprint density at radius 1 is 1.33 bits per heavy atom. The van der Waals surface area contributed by atoms with E-state index in [0.717, 1.165) is 25.2 Å². The standard InChI is InChI=1S/C14H19ClN2O/c1-14(2)8-3-9-17(10-14)13(18)16-12-6-4-11(15)5-7-12/h4-7H,3,8-10H2,1-2H3,(H,16,18). The monoisotopic (exact) mass is 266 g/mol. The number of nitrogens with zero attached hydrogens (tertiary/aromatic N) is 1. The van der Waals surface area contributed by atoms with Crippen molar-refractivity contribution in [3.63, 3.8) is 0 Å². The van der Waals surface area contributed by atoms with Crippen molar-refractivity contribution in [2.24, 2.45) is 5.41 Å². The molecule has 0 aromatic heterocycles. The fraction of sp³-hybridized carbons (Fsp3) is 0.500. The molecule has 1 aromatic carbocycles. The minimum atomic E-state index is -0.0231. The van der Waals surface area contributed by atoms with Crippen molar-refractivity contribution in [1.29, 1.82) is 0 Å². The maximum Gasteiger partial charge on any atom is 0.321 e. The van der Waals surface area contributed by atoms with Crippen molar-refractivity contribution in [1.82, 2.24) is 4.90 Å². The molecule has 0 radical (unpaired) electrons. The fourth-order valence-electron chi connectivity index (χ4n) is 2.33. The molecule has 0 atom stereocenters. The Hall–Kier alpha value is -1.22. The second-order valence-corrected chi connectivity index (χ2v) is 6.06. The Bertz CT molecular complexity index is 428. The maximum absolute atomic E-state index is 12.1. The zero-order chi connectivity index (χ0) is 13.2. The fourth-order valence-corrected chi connectivity index (χ4v) is 2.46. The summed E-state index contributed by atoms with van der Waals surface area (Å²) in [6.45, 7) is 6.05. The van der Waals surface area contributed by atoms with Crippen molar-refractivity contribution >= 4 is 23.3 Å². The smallest absolute Gasteiger partial charge is 0.321 e. The largest absolute Gasteiger partial charge is 0.324 e. The highest BCUT2D eigenvalue weighted by atomic mass is 35.5. The van der Waals surface area contributed by atoms with Gasteiger partial charge in [0.1, 0.15) is 0 Å². The van der Waals surface area contributed by atoms with E-state index < -0.39 is 0 Å². The number of rotatable bonds is 1. The highest BCUT2D eigenvalue weighted by Crippen LogP contribution is 2.28. The number of carbonyl (C=O) groups excluding carboxylic acids is 1. The van der Waals surface area contributed by atoms with Crippen molar-refractivity contribution in [2.75, 3.05) is 18.4 Å². The van der Waals surface area contributed by atoms with Crippen LogP contribution in [-0.2, 0) is 0 Å². The van der Waals surface area contributed by atoms with Crippen molar-refractivity contribution in [2.45, 2.75) is 26.7 Å². The van der Waals surface area contributed by atoms with Crippen LogP contribution in [0, 0.1) is 5.41 Å². The van der Waals surface area contributed by atoms with Crippen LogP contribution in [-0.4, -0.2) is 24.0 Å². The average Bonchev–Trinajstić information content (AvgIpc) is 2.31. The zero-order valence-corrected chi connectivity index (χ0v) is 11.6. The van der Waals surface area contributed by atoms with E-state index in [-0.39, 0.29) is 11.4 Å². The number of hydrogen-bond donors (Lipinski definition) is 1.